The average Bonchev–Trinajstić information content (AvgIpc) is 2.38. The van der Waals surface area contributed by atoms with E-state index >= 15 is 0 Å². The minimum Gasteiger partial charge on any atom is -0.378 e. The highest BCUT2D eigenvalue weighted by Gasteiger charge is 2.31. The molecule has 1 fully saturated rings. The van der Waals surface area contributed by atoms with Gasteiger partial charge in [-0.15, -0.1) is 0 Å². The van der Waals surface area contributed by atoms with Crippen LogP contribution in [0.25, 0.3) is 0 Å². The van der Waals surface area contributed by atoms with E-state index in [1.54, 1.807) is 12.1 Å². The number of hydrogen-bond acceptors (Lipinski definition) is 2. The molecule has 0 amide bonds. The fraction of sp³-hybridized carbons (Fsp3) is 0.625. The summed E-state index contributed by atoms with van der Waals surface area (Å²) in [7, 11) is 1.93. The van der Waals surface area contributed by atoms with Crippen LogP contribution in [0.1, 0.15) is 31.7 Å². The Morgan fingerprint density at radius 2 is 2.20 bits per heavy atom. The summed E-state index contributed by atoms with van der Waals surface area (Å²) in [6.45, 7) is 2.82. The molecule has 1 saturated carbocycles. The van der Waals surface area contributed by atoms with Gasteiger partial charge in [0.05, 0.1) is 6.10 Å². The Bertz CT molecular complexity index is 414. The van der Waals surface area contributed by atoms with E-state index in [2.05, 4.69) is 5.32 Å². The molecule has 2 nitrogen and oxygen atoms in total. The van der Waals surface area contributed by atoms with Crippen LogP contribution in [0.4, 0.5) is 4.39 Å². The smallest absolute Gasteiger partial charge is 0.127 e. The minimum absolute atomic E-state index is 0.210. The third-order valence-corrected chi connectivity index (χ3v) is 4.49. The van der Waals surface area contributed by atoms with Crippen LogP contribution in [-0.4, -0.2) is 25.8 Å². The van der Waals surface area contributed by atoms with Gasteiger partial charge in [-0.1, -0.05) is 17.7 Å². The zero-order valence-electron chi connectivity index (χ0n) is 12.2. The molecule has 1 aromatic carbocycles. The normalized spacial score (nSPS) is 23.4. The number of ether oxygens (including phenoxy) is 1. The second-order valence-electron chi connectivity index (χ2n) is 5.54. The van der Waals surface area contributed by atoms with Crippen molar-refractivity contribution in [3.8, 4) is 0 Å². The minimum atomic E-state index is -0.210. The summed E-state index contributed by atoms with van der Waals surface area (Å²) < 4.78 is 19.4. The van der Waals surface area contributed by atoms with Crippen molar-refractivity contribution in [1.29, 1.82) is 0 Å². The first kappa shape index (κ1) is 15.7. The predicted molar refractivity (Wildman–Crippen MR) is 80.7 cm³/mol. The summed E-state index contributed by atoms with van der Waals surface area (Å²) in [6, 6.07) is 5.13. The first-order valence-corrected chi connectivity index (χ1v) is 7.73. The molecule has 20 heavy (non-hydrogen) atoms. The molecule has 1 N–H and O–H groups in total. The van der Waals surface area contributed by atoms with Crippen molar-refractivity contribution in [2.75, 3.05) is 13.7 Å². The van der Waals surface area contributed by atoms with Crippen LogP contribution in [0, 0.1) is 11.7 Å². The second-order valence-corrected chi connectivity index (χ2v) is 5.95. The van der Waals surface area contributed by atoms with Crippen LogP contribution in [0.5, 0.6) is 0 Å². The van der Waals surface area contributed by atoms with Gasteiger partial charge in [0.15, 0.2) is 0 Å². The quantitative estimate of drug-likeness (QED) is 0.826. The van der Waals surface area contributed by atoms with E-state index in [1.807, 2.05) is 14.0 Å². The van der Waals surface area contributed by atoms with Gasteiger partial charge in [-0.3, -0.25) is 0 Å². The number of likely N-dealkylation sites (N-methyl/N-ethyl adjacent to an activating group) is 1. The number of hydrogen-bond donors (Lipinski definition) is 1. The molecule has 0 heterocycles. The molecular weight excluding hydrogens is 277 g/mol. The zero-order chi connectivity index (χ0) is 14.5. The summed E-state index contributed by atoms with van der Waals surface area (Å²) in [6.07, 6.45) is 4.36. The molecule has 0 saturated heterocycles. The molecular formula is C16H23ClFNO. The molecule has 0 bridgehead atoms. The summed E-state index contributed by atoms with van der Waals surface area (Å²) in [5.41, 5.74) is 0.620. The molecule has 1 atom stereocenters. The lowest BCUT2D eigenvalue weighted by atomic mass is 9.77. The molecule has 0 aromatic heterocycles. The summed E-state index contributed by atoms with van der Waals surface area (Å²) >= 11 is 6.09. The predicted octanol–water partition coefficient (Wildman–Crippen LogP) is 3.81. The van der Waals surface area contributed by atoms with E-state index in [1.165, 1.54) is 6.07 Å². The van der Waals surface area contributed by atoms with Crippen molar-refractivity contribution < 1.29 is 9.13 Å². The van der Waals surface area contributed by atoms with Gasteiger partial charge in [-0.05, 0) is 57.7 Å². The van der Waals surface area contributed by atoms with Crippen molar-refractivity contribution in [2.24, 2.45) is 5.92 Å². The van der Waals surface area contributed by atoms with E-state index in [0.717, 1.165) is 25.9 Å². The highest BCUT2D eigenvalue weighted by atomic mass is 35.5. The van der Waals surface area contributed by atoms with Gasteiger partial charge in [0.25, 0.3) is 0 Å². The van der Waals surface area contributed by atoms with Gasteiger partial charge in [0.2, 0.25) is 0 Å². The summed E-state index contributed by atoms with van der Waals surface area (Å²) in [5, 5.41) is 3.80. The third kappa shape index (κ3) is 3.94. The highest BCUT2D eigenvalue weighted by molar-refractivity contribution is 6.31. The Labute approximate surface area is 125 Å². The van der Waals surface area contributed by atoms with Crippen molar-refractivity contribution in [3.63, 3.8) is 0 Å². The fourth-order valence-electron chi connectivity index (χ4n) is 2.92. The molecule has 4 heteroatoms. The average molecular weight is 300 g/mol. The van der Waals surface area contributed by atoms with Gasteiger partial charge in [-0.2, -0.15) is 0 Å². The van der Waals surface area contributed by atoms with Gasteiger partial charge in [0.1, 0.15) is 5.82 Å². The molecule has 1 unspecified atom stereocenters. The molecule has 0 aliphatic heterocycles. The van der Waals surface area contributed by atoms with Crippen LogP contribution >= 0.6 is 11.6 Å². The maximum Gasteiger partial charge on any atom is 0.127 e. The van der Waals surface area contributed by atoms with Crippen molar-refractivity contribution in [2.45, 2.75) is 44.8 Å². The molecule has 2 rings (SSSR count). The lowest BCUT2D eigenvalue weighted by Crippen LogP contribution is -2.38. The van der Waals surface area contributed by atoms with Crippen molar-refractivity contribution >= 4 is 11.6 Å². The zero-order valence-corrected chi connectivity index (χ0v) is 12.9. The monoisotopic (exact) mass is 299 g/mol. The maximum absolute atomic E-state index is 13.8. The maximum atomic E-state index is 13.8. The number of benzene rings is 1. The first-order valence-electron chi connectivity index (χ1n) is 7.35. The lowest BCUT2D eigenvalue weighted by molar-refractivity contribution is -0.0288. The van der Waals surface area contributed by atoms with Crippen LogP contribution in [0.3, 0.4) is 0 Å². The topological polar surface area (TPSA) is 21.3 Å². The van der Waals surface area contributed by atoms with Gasteiger partial charge in [-0.25, -0.2) is 4.39 Å². The van der Waals surface area contributed by atoms with Crippen molar-refractivity contribution in [3.05, 3.63) is 34.6 Å². The van der Waals surface area contributed by atoms with E-state index < -0.39 is 0 Å². The largest absolute Gasteiger partial charge is 0.378 e. The number of rotatable bonds is 7. The summed E-state index contributed by atoms with van der Waals surface area (Å²) in [5.74, 6) is 0.466. The Kier molecular flexibility index (Phi) is 5.82. The standard InChI is InChI=1S/C16H23ClFNO/c1-3-20-13-8-11(9-13)7-12(19-2)10-14-15(17)5-4-6-16(14)18/h4-6,11-13,19H,3,7-10H2,1-2H3. The van der Waals surface area contributed by atoms with Crippen LogP contribution in [0.2, 0.25) is 5.02 Å². The molecule has 1 aliphatic rings. The SMILES string of the molecule is CCOC1CC(CC(Cc2c(F)cccc2Cl)NC)C1. The van der Waals surface area contributed by atoms with E-state index in [0.29, 0.717) is 29.0 Å². The number of halogens is 2. The Morgan fingerprint density at radius 3 is 2.80 bits per heavy atom. The Hall–Kier alpha value is -0.640. The van der Waals surface area contributed by atoms with Gasteiger partial charge >= 0.3 is 0 Å². The van der Waals surface area contributed by atoms with Crippen LogP contribution in [-0.2, 0) is 11.2 Å². The molecule has 1 aliphatic carbocycles. The van der Waals surface area contributed by atoms with Crippen LogP contribution < -0.4 is 5.32 Å². The van der Waals surface area contributed by atoms with E-state index in [-0.39, 0.29) is 11.9 Å². The summed E-state index contributed by atoms with van der Waals surface area (Å²) in [4.78, 5) is 0. The third-order valence-electron chi connectivity index (χ3n) is 4.13. The molecule has 112 valence electrons. The molecule has 1 aromatic rings. The number of nitrogens with one attached hydrogen (secondary N) is 1. The fourth-order valence-corrected chi connectivity index (χ4v) is 3.16. The lowest BCUT2D eigenvalue weighted by Gasteiger charge is -2.37. The molecule has 0 spiro atoms. The van der Waals surface area contributed by atoms with E-state index in [4.69, 9.17) is 16.3 Å². The van der Waals surface area contributed by atoms with Gasteiger partial charge < -0.3 is 10.1 Å². The molecule has 0 radical (unpaired) electrons. The van der Waals surface area contributed by atoms with E-state index in [9.17, 15) is 4.39 Å². The van der Waals surface area contributed by atoms with Crippen molar-refractivity contribution in [1.82, 2.24) is 5.32 Å². The van der Waals surface area contributed by atoms with Crippen LogP contribution in [0.15, 0.2) is 18.2 Å². The Morgan fingerprint density at radius 1 is 1.45 bits per heavy atom. The van der Waals surface area contributed by atoms with Gasteiger partial charge in [0, 0.05) is 23.2 Å². The Balaban J connectivity index is 1.87. The first-order chi connectivity index (χ1) is 9.63. The highest BCUT2D eigenvalue weighted by Crippen LogP contribution is 2.34. The second kappa shape index (κ2) is 7.39.